The summed E-state index contributed by atoms with van der Waals surface area (Å²) in [7, 11) is 3.85. The van der Waals surface area contributed by atoms with Gasteiger partial charge in [0.2, 0.25) is 5.91 Å². The number of hydrogen-bond donors (Lipinski definition) is 1. The van der Waals surface area contributed by atoms with Gasteiger partial charge in [-0.05, 0) is 39.4 Å². The highest BCUT2D eigenvalue weighted by Crippen LogP contribution is 2.28. The summed E-state index contributed by atoms with van der Waals surface area (Å²) >= 11 is 2.53. The lowest BCUT2D eigenvalue weighted by Crippen LogP contribution is -2.46. The lowest BCUT2D eigenvalue weighted by atomic mass is 9.94. The van der Waals surface area contributed by atoms with Gasteiger partial charge >= 0.3 is 0 Å². The van der Waals surface area contributed by atoms with Crippen molar-refractivity contribution in [3.8, 4) is 0 Å². The second kappa shape index (κ2) is 10.1. The van der Waals surface area contributed by atoms with E-state index < -0.39 is 0 Å². The Hall–Kier alpha value is 0.0400. The molecule has 6 nitrogen and oxygen atoms in total. The second-order valence-electron chi connectivity index (χ2n) is 6.47. The van der Waals surface area contributed by atoms with E-state index >= 15 is 0 Å². The first kappa shape index (κ1) is 19.4. The van der Waals surface area contributed by atoms with E-state index in [2.05, 4.69) is 44.8 Å². The largest absolute Gasteiger partial charge is 0.382 e. The van der Waals surface area contributed by atoms with Gasteiger partial charge in [0.1, 0.15) is 0 Å². The standard InChI is InChI=1S/C16H30IN3O3/c1-19-12-14(11-15(19)17)20-6-3-13(4-7-20)16(21)18-5-8-23-10-9-22-2/h13-15H,3-12H2,1-2H3,(H,18,21)/t14-,15-/m0/s1. The van der Waals surface area contributed by atoms with Crippen molar-refractivity contribution in [2.75, 3.05) is 60.2 Å². The summed E-state index contributed by atoms with van der Waals surface area (Å²) in [6.45, 7) is 5.57. The van der Waals surface area contributed by atoms with Crippen molar-refractivity contribution in [3.05, 3.63) is 0 Å². The quantitative estimate of drug-likeness (QED) is 0.264. The lowest BCUT2D eigenvalue weighted by molar-refractivity contribution is -0.126. The average molecular weight is 439 g/mol. The van der Waals surface area contributed by atoms with Crippen molar-refractivity contribution in [2.24, 2.45) is 5.92 Å². The van der Waals surface area contributed by atoms with Crippen molar-refractivity contribution < 1.29 is 14.3 Å². The number of carbonyl (C=O) groups is 1. The molecule has 23 heavy (non-hydrogen) atoms. The maximum Gasteiger partial charge on any atom is 0.223 e. The highest BCUT2D eigenvalue weighted by Gasteiger charge is 2.34. The minimum atomic E-state index is 0.166. The molecule has 2 saturated heterocycles. The molecule has 0 aromatic carbocycles. The predicted molar refractivity (Wildman–Crippen MR) is 98.8 cm³/mol. The van der Waals surface area contributed by atoms with Crippen molar-refractivity contribution in [2.45, 2.75) is 29.4 Å². The van der Waals surface area contributed by atoms with Crippen LogP contribution in [0.25, 0.3) is 0 Å². The summed E-state index contributed by atoms with van der Waals surface area (Å²) < 4.78 is 10.9. The zero-order valence-corrected chi connectivity index (χ0v) is 16.5. The van der Waals surface area contributed by atoms with Gasteiger partial charge in [0.25, 0.3) is 0 Å². The van der Waals surface area contributed by atoms with Gasteiger partial charge in [0.05, 0.1) is 23.9 Å². The number of piperidine rings is 1. The molecule has 1 amide bonds. The molecule has 134 valence electrons. The monoisotopic (exact) mass is 439 g/mol. The first-order valence-electron chi connectivity index (χ1n) is 8.54. The first-order chi connectivity index (χ1) is 11.1. The lowest BCUT2D eigenvalue weighted by Gasteiger charge is -2.35. The van der Waals surface area contributed by atoms with E-state index in [0.717, 1.165) is 32.5 Å². The zero-order chi connectivity index (χ0) is 16.7. The van der Waals surface area contributed by atoms with Crippen LogP contribution in [0.2, 0.25) is 0 Å². The van der Waals surface area contributed by atoms with Crippen LogP contribution in [0.4, 0.5) is 0 Å². The van der Waals surface area contributed by atoms with Crippen LogP contribution in [-0.4, -0.2) is 86.0 Å². The fraction of sp³-hybridized carbons (Fsp3) is 0.938. The Labute approximate surface area is 153 Å². The van der Waals surface area contributed by atoms with Crippen molar-refractivity contribution in [3.63, 3.8) is 0 Å². The van der Waals surface area contributed by atoms with Gasteiger partial charge in [-0.15, -0.1) is 0 Å². The number of alkyl halides is 1. The second-order valence-corrected chi connectivity index (χ2v) is 7.91. The van der Waals surface area contributed by atoms with E-state index in [9.17, 15) is 4.79 Å². The van der Waals surface area contributed by atoms with Crippen LogP contribution in [0.15, 0.2) is 0 Å². The van der Waals surface area contributed by atoms with E-state index in [1.54, 1.807) is 7.11 Å². The molecule has 2 fully saturated rings. The number of likely N-dealkylation sites (N-methyl/N-ethyl adjacent to an activating group) is 1. The fourth-order valence-corrected chi connectivity index (χ4v) is 4.17. The van der Waals surface area contributed by atoms with Crippen LogP contribution in [0.3, 0.4) is 0 Å². The molecule has 0 unspecified atom stereocenters. The van der Waals surface area contributed by atoms with Gasteiger partial charge in [-0.25, -0.2) is 0 Å². The highest BCUT2D eigenvalue weighted by atomic mass is 127. The Bertz CT molecular complexity index is 354. The van der Waals surface area contributed by atoms with Gasteiger partial charge in [-0.3, -0.25) is 14.6 Å². The molecule has 2 heterocycles. The number of nitrogens with one attached hydrogen (secondary N) is 1. The summed E-state index contributed by atoms with van der Waals surface area (Å²) in [6.07, 6.45) is 3.19. The third-order valence-corrected chi connectivity index (χ3v) is 6.30. The Balaban J connectivity index is 1.59. The number of amides is 1. The number of likely N-dealkylation sites (tertiary alicyclic amines) is 2. The molecule has 0 saturated carbocycles. The van der Waals surface area contributed by atoms with Crippen LogP contribution in [0.1, 0.15) is 19.3 Å². The summed E-state index contributed by atoms with van der Waals surface area (Å²) in [5.41, 5.74) is 0. The van der Waals surface area contributed by atoms with E-state index in [4.69, 9.17) is 9.47 Å². The molecular weight excluding hydrogens is 409 g/mol. The van der Waals surface area contributed by atoms with Gasteiger partial charge in [-0.1, -0.05) is 22.6 Å². The van der Waals surface area contributed by atoms with Crippen LogP contribution >= 0.6 is 22.6 Å². The van der Waals surface area contributed by atoms with Gasteiger partial charge in [0.15, 0.2) is 0 Å². The van der Waals surface area contributed by atoms with Crippen LogP contribution in [-0.2, 0) is 14.3 Å². The molecule has 0 aliphatic carbocycles. The number of carbonyl (C=O) groups excluding carboxylic acids is 1. The first-order valence-corrected chi connectivity index (χ1v) is 9.79. The highest BCUT2D eigenvalue weighted by molar-refractivity contribution is 14.1. The minimum absolute atomic E-state index is 0.166. The van der Waals surface area contributed by atoms with E-state index in [1.807, 2.05) is 0 Å². The molecule has 2 aliphatic rings. The molecule has 2 atom stereocenters. The molecule has 0 aromatic rings. The maximum atomic E-state index is 12.2. The van der Waals surface area contributed by atoms with E-state index in [-0.39, 0.29) is 11.8 Å². The van der Waals surface area contributed by atoms with Gasteiger partial charge in [-0.2, -0.15) is 0 Å². The number of nitrogens with zero attached hydrogens (tertiary/aromatic N) is 2. The summed E-state index contributed by atoms with van der Waals surface area (Å²) in [5.74, 6) is 0.357. The third-order valence-electron chi connectivity index (χ3n) is 4.84. The summed E-state index contributed by atoms with van der Waals surface area (Å²) in [5, 5.41) is 3.00. The molecule has 0 radical (unpaired) electrons. The number of ether oxygens (including phenoxy) is 2. The van der Waals surface area contributed by atoms with Crippen molar-refractivity contribution in [1.29, 1.82) is 0 Å². The Kier molecular flexibility index (Phi) is 8.53. The van der Waals surface area contributed by atoms with Gasteiger partial charge in [0, 0.05) is 32.2 Å². The zero-order valence-electron chi connectivity index (χ0n) is 14.3. The summed E-state index contributed by atoms with van der Waals surface area (Å²) in [6, 6.07) is 0.667. The van der Waals surface area contributed by atoms with E-state index in [1.165, 1.54) is 6.42 Å². The maximum absolute atomic E-state index is 12.2. The van der Waals surface area contributed by atoms with Crippen molar-refractivity contribution in [1.82, 2.24) is 15.1 Å². The SMILES string of the molecule is COCCOCCNC(=O)C1CCN([C@H]2C[C@@H](I)N(C)C2)CC1. The Morgan fingerprint density at radius 3 is 2.61 bits per heavy atom. The minimum Gasteiger partial charge on any atom is -0.382 e. The topological polar surface area (TPSA) is 54.0 Å². The van der Waals surface area contributed by atoms with Crippen LogP contribution < -0.4 is 5.32 Å². The van der Waals surface area contributed by atoms with E-state index in [0.29, 0.717) is 36.5 Å². The molecule has 1 N–H and O–H groups in total. The predicted octanol–water partition coefficient (Wildman–Crippen LogP) is 0.943. The molecule has 7 heteroatoms. The smallest absolute Gasteiger partial charge is 0.223 e. The fourth-order valence-electron chi connectivity index (χ4n) is 3.35. The number of rotatable bonds is 8. The summed E-state index contributed by atoms with van der Waals surface area (Å²) in [4.78, 5) is 17.2. The van der Waals surface area contributed by atoms with Gasteiger partial charge < -0.3 is 14.8 Å². The Morgan fingerprint density at radius 1 is 1.26 bits per heavy atom. The normalized spacial score (nSPS) is 27.4. The third kappa shape index (κ3) is 6.12. The molecule has 2 aliphatic heterocycles. The Morgan fingerprint density at radius 2 is 2.00 bits per heavy atom. The van der Waals surface area contributed by atoms with Crippen LogP contribution in [0.5, 0.6) is 0 Å². The number of methoxy groups -OCH3 is 1. The molecule has 0 spiro atoms. The number of hydrogen-bond acceptors (Lipinski definition) is 5. The van der Waals surface area contributed by atoms with Crippen LogP contribution in [0, 0.1) is 5.92 Å². The average Bonchev–Trinajstić information content (AvgIpc) is 2.90. The molecule has 0 aromatic heterocycles. The molecular formula is C16H30IN3O3. The molecule has 2 rings (SSSR count). The van der Waals surface area contributed by atoms with Crippen molar-refractivity contribution >= 4 is 28.5 Å². The molecule has 0 bridgehead atoms. The number of halogens is 1.